The van der Waals surface area contributed by atoms with Gasteiger partial charge in [0.1, 0.15) is 0 Å². The van der Waals surface area contributed by atoms with Crippen molar-refractivity contribution < 1.29 is 28.2 Å². The number of aliphatic imine (C=N–C) groups is 2. The van der Waals surface area contributed by atoms with E-state index in [2.05, 4.69) is 20.6 Å². The first-order chi connectivity index (χ1) is 22.0. The van der Waals surface area contributed by atoms with Gasteiger partial charge in [-0.15, -0.1) is 47.0 Å². The number of hydrogen-bond acceptors (Lipinski definition) is 18. The molecule has 0 bridgehead atoms. The third-order valence-electron chi connectivity index (χ3n) is 4.10. The Bertz CT molecular complexity index is 835. The molecule has 10 nitrogen and oxygen atoms in total. The summed E-state index contributed by atoms with van der Waals surface area (Å²) in [5.41, 5.74) is 3.01. The van der Waals surface area contributed by atoms with E-state index < -0.39 is 21.6 Å². The Labute approximate surface area is 316 Å². The lowest BCUT2D eigenvalue weighted by Gasteiger charge is -2.04. The Balaban J connectivity index is 3.45. The number of carbonyl (C=O) groups is 2. The third kappa shape index (κ3) is 38.7. The molecule has 0 rings (SSSR count). The lowest BCUT2D eigenvalue weighted by molar-refractivity contribution is 0.261. The summed E-state index contributed by atoms with van der Waals surface area (Å²) in [5.74, 6) is 9.42. The highest BCUT2D eigenvalue weighted by molar-refractivity contribution is 8.18. The molecule has 264 valence electrons. The molecule has 0 aromatic carbocycles. The van der Waals surface area contributed by atoms with Gasteiger partial charge in [0, 0.05) is 72.8 Å². The second-order valence-electron chi connectivity index (χ2n) is 7.58. The normalized spacial score (nSPS) is 13.0. The summed E-state index contributed by atoms with van der Waals surface area (Å²) in [6.45, 7) is 0.311. The fourth-order valence-electron chi connectivity index (χ4n) is 2.21. The molecule has 0 saturated heterocycles. The molecule has 0 aliphatic rings. The van der Waals surface area contributed by atoms with Crippen LogP contribution in [-0.4, -0.2) is 150 Å². The molecule has 0 aliphatic heterocycles. The molecule has 0 radical (unpaired) electrons. The zero-order chi connectivity index (χ0) is 33.1. The van der Waals surface area contributed by atoms with Crippen molar-refractivity contribution in [3.8, 4) is 0 Å². The van der Waals surface area contributed by atoms with Gasteiger partial charge in [-0.1, -0.05) is 23.5 Å². The van der Waals surface area contributed by atoms with E-state index >= 15 is 0 Å². The molecule has 0 aromatic rings. The van der Waals surface area contributed by atoms with Gasteiger partial charge >= 0.3 is 0 Å². The van der Waals surface area contributed by atoms with Crippen LogP contribution in [0.1, 0.15) is 0 Å². The number of aliphatic hydroxyl groups is 2. The molecular formula is C23H44N4O6S12. The molecule has 0 fully saturated rings. The summed E-state index contributed by atoms with van der Waals surface area (Å²) in [5, 5.41) is 25.6. The number of aliphatic hydroxyl groups excluding tert-OH is 2. The van der Waals surface area contributed by atoms with Gasteiger partial charge < -0.3 is 20.8 Å². The highest BCUT2D eigenvalue weighted by atomic mass is 32.2. The number of hydrogen-bond donors (Lipinski definition) is 4. The van der Waals surface area contributed by atoms with Crippen LogP contribution in [0.3, 0.4) is 0 Å². The van der Waals surface area contributed by atoms with Crippen molar-refractivity contribution in [1.82, 2.24) is 10.6 Å². The third-order valence-corrected chi connectivity index (χ3v) is 17.0. The molecule has 0 saturated carbocycles. The minimum atomic E-state index is -1.07. The summed E-state index contributed by atoms with van der Waals surface area (Å²) < 4.78 is 23.8. The van der Waals surface area contributed by atoms with Crippen LogP contribution in [0.4, 0.5) is 9.59 Å². The average molecular weight is 857 g/mol. The van der Waals surface area contributed by atoms with Crippen LogP contribution in [0.25, 0.3) is 0 Å². The number of nitrogens with one attached hydrogen (secondary N) is 2. The van der Waals surface area contributed by atoms with E-state index in [1.165, 1.54) is 34.6 Å². The highest BCUT2D eigenvalue weighted by Gasteiger charge is 2.03. The zero-order valence-corrected chi connectivity index (χ0v) is 34.7. The molecule has 2 atom stereocenters. The van der Waals surface area contributed by atoms with Crippen molar-refractivity contribution in [2.45, 2.75) is 0 Å². The first kappa shape index (κ1) is 47.0. The van der Waals surface area contributed by atoms with Gasteiger partial charge in [0.25, 0.3) is 10.5 Å². The number of rotatable bonds is 32. The summed E-state index contributed by atoms with van der Waals surface area (Å²) in [7, 11) is -2.13. The maximum absolute atomic E-state index is 12.0. The first-order valence-corrected chi connectivity index (χ1v) is 27.4. The smallest absolute Gasteiger partial charge is 0.279 e. The topological polar surface area (TPSA) is 158 Å². The van der Waals surface area contributed by atoms with E-state index in [0.29, 0.717) is 46.5 Å². The monoisotopic (exact) mass is 856 g/mol. The molecule has 45 heavy (non-hydrogen) atoms. The molecular weight excluding hydrogens is 813 g/mol. The van der Waals surface area contributed by atoms with Crippen LogP contribution in [0.5, 0.6) is 0 Å². The lowest BCUT2D eigenvalue weighted by Crippen LogP contribution is -2.18. The van der Waals surface area contributed by atoms with Gasteiger partial charge in [-0.05, 0) is 0 Å². The van der Waals surface area contributed by atoms with Crippen LogP contribution in [0, 0.1) is 0 Å². The van der Waals surface area contributed by atoms with Crippen molar-refractivity contribution in [3.05, 3.63) is 0 Å². The minimum Gasteiger partial charge on any atom is -0.396 e. The van der Waals surface area contributed by atoms with Gasteiger partial charge in [0.05, 0.1) is 69.4 Å². The van der Waals surface area contributed by atoms with E-state index in [0.717, 1.165) is 49.8 Å². The van der Waals surface area contributed by atoms with Gasteiger partial charge in [-0.2, -0.15) is 47.0 Å². The SMILES string of the molecule is O=C(NCSCSC/N=C/S(=O)CCSCSCCSC(=O)NCSCSC/N=C/S(=O)CCSCCO)SCCSCCO. The van der Waals surface area contributed by atoms with Crippen LogP contribution in [0.2, 0.25) is 0 Å². The standard InChI is InChI=1S/C23H44N4O6S12/c28-1-3-34-5-7-42-22(30)26-15-40-21-39-14-25-18-45(33)12-10-37-19-36-6-8-43-23(31)27-16-41-20-38-13-24-17-44(32)11-9-35-4-2-29/h17-18,28-29H,1-16,19-21H2,(H,26,30)(H,27,31)/b24-17+,25-18+. The quantitative estimate of drug-likeness (QED) is 0.0311. The van der Waals surface area contributed by atoms with Crippen LogP contribution in [0.15, 0.2) is 9.98 Å². The largest absolute Gasteiger partial charge is 0.396 e. The zero-order valence-electron chi connectivity index (χ0n) is 24.9. The van der Waals surface area contributed by atoms with Crippen molar-refractivity contribution in [2.24, 2.45) is 9.98 Å². The lowest BCUT2D eigenvalue weighted by atomic mass is 10.9. The predicted molar refractivity (Wildman–Crippen MR) is 223 cm³/mol. The van der Waals surface area contributed by atoms with Crippen molar-refractivity contribution in [1.29, 1.82) is 0 Å². The Morgan fingerprint density at radius 2 is 0.978 bits per heavy atom. The fraction of sp³-hybridized carbons (Fsp3) is 0.826. The molecule has 2 amide bonds. The maximum Gasteiger partial charge on any atom is 0.279 e. The molecule has 0 aliphatic carbocycles. The summed E-state index contributed by atoms with van der Waals surface area (Å²) in [4.78, 5) is 32.0. The molecule has 0 aromatic heterocycles. The van der Waals surface area contributed by atoms with Crippen LogP contribution in [-0.2, 0) is 21.6 Å². The fourth-order valence-corrected chi connectivity index (χ4v) is 13.0. The molecule has 2 unspecified atom stereocenters. The van der Waals surface area contributed by atoms with Gasteiger partial charge in [-0.25, -0.2) is 0 Å². The minimum absolute atomic E-state index is 0.0260. The predicted octanol–water partition coefficient (Wildman–Crippen LogP) is 4.98. The van der Waals surface area contributed by atoms with Gasteiger partial charge in [-0.3, -0.25) is 28.0 Å². The Hall–Kier alpha value is 2.00. The van der Waals surface area contributed by atoms with E-state index in [1.807, 2.05) is 0 Å². The van der Waals surface area contributed by atoms with Gasteiger partial charge in [0.2, 0.25) is 0 Å². The van der Waals surface area contributed by atoms with Crippen LogP contribution < -0.4 is 10.6 Å². The summed E-state index contributed by atoms with van der Waals surface area (Å²) in [6.07, 6.45) is 0. The number of carbonyl (C=O) groups excluding carboxylic acids is 2. The average Bonchev–Trinajstić information content (AvgIpc) is 3.03. The van der Waals surface area contributed by atoms with E-state index in [-0.39, 0.29) is 23.7 Å². The molecule has 0 spiro atoms. The highest BCUT2D eigenvalue weighted by Crippen LogP contribution is 2.16. The molecule has 4 N–H and O–H groups in total. The van der Waals surface area contributed by atoms with Gasteiger partial charge in [0.15, 0.2) is 0 Å². The van der Waals surface area contributed by atoms with E-state index in [9.17, 15) is 18.0 Å². The van der Waals surface area contributed by atoms with Crippen molar-refractivity contribution in [3.63, 3.8) is 0 Å². The maximum atomic E-state index is 12.0. The number of thioether (sulfide) groups is 10. The first-order valence-electron chi connectivity index (χ1n) is 13.4. The van der Waals surface area contributed by atoms with Crippen LogP contribution >= 0.6 is 118 Å². The van der Waals surface area contributed by atoms with E-state index in [4.69, 9.17) is 10.2 Å². The number of nitrogens with zero attached hydrogens (tertiary/aromatic N) is 2. The Morgan fingerprint density at radius 3 is 1.49 bits per heavy atom. The molecule has 22 heteroatoms. The summed E-state index contributed by atoms with van der Waals surface area (Å²) in [6, 6.07) is 0. The second kappa shape index (κ2) is 38.8. The van der Waals surface area contributed by atoms with Crippen molar-refractivity contribution in [2.75, 3.05) is 110 Å². The Morgan fingerprint density at radius 1 is 0.556 bits per heavy atom. The van der Waals surface area contributed by atoms with Crippen molar-refractivity contribution >= 4 is 161 Å². The number of amides is 2. The summed E-state index contributed by atoms with van der Waals surface area (Å²) >= 11 is 15.7. The Kier molecular flexibility index (Phi) is 40.5. The second-order valence-corrected chi connectivity index (χ2v) is 22.1. The van der Waals surface area contributed by atoms with E-state index in [1.54, 1.807) is 94.1 Å². The molecule has 0 heterocycles.